The van der Waals surface area contributed by atoms with Crippen LogP contribution in [-0.2, 0) is 14.3 Å². The summed E-state index contributed by atoms with van der Waals surface area (Å²) in [5, 5.41) is 10.4. The van der Waals surface area contributed by atoms with Crippen LogP contribution in [0.25, 0.3) is 0 Å². The Labute approximate surface area is 146 Å². The molecule has 24 heavy (non-hydrogen) atoms. The Morgan fingerprint density at radius 2 is 1.88 bits per heavy atom. The number of fused-ring (bicyclic) bond motifs is 2. The Balaban J connectivity index is 1.69. The van der Waals surface area contributed by atoms with Gasteiger partial charge in [0.15, 0.2) is 0 Å². The van der Waals surface area contributed by atoms with E-state index in [0.29, 0.717) is 29.9 Å². The van der Waals surface area contributed by atoms with Gasteiger partial charge in [-0.3, -0.25) is 0 Å². The fourth-order valence-electron chi connectivity index (χ4n) is 4.23. The molecule has 138 valence electrons. The second-order valence-electron chi connectivity index (χ2n) is 7.63. The first kappa shape index (κ1) is 19.5. The highest BCUT2D eigenvalue weighted by molar-refractivity contribution is 5.86. The first-order valence-corrected chi connectivity index (χ1v) is 9.66. The molecule has 4 heteroatoms. The van der Waals surface area contributed by atoms with Gasteiger partial charge in [0.2, 0.25) is 0 Å². The Morgan fingerprint density at radius 1 is 1.17 bits per heavy atom. The van der Waals surface area contributed by atoms with Crippen LogP contribution in [0.15, 0.2) is 12.2 Å². The van der Waals surface area contributed by atoms with Crippen molar-refractivity contribution < 1.29 is 19.4 Å². The minimum atomic E-state index is -0.344. The number of hydrogen-bond acceptors (Lipinski definition) is 4. The quantitative estimate of drug-likeness (QED) is 0.353. The molecule has 0 spiro atoms. The average Bonchev–Trinajstić information content (AvgIpc) is 3.10. The zero-order chi connectivity index (χ0) is 17.5. The van der Waals surface area contributed by atoms with Crippen LogP contribution in [0, 0.1) is 17.8 Å². The highest BCUT2D eigenvalue weighted by atomic mass is 16.5. The molecule has 2 bridgehead atoms. The predicted octanol–water partition coefficient (Wildman–Crippen LogP) is 3.87. The maximum absolute atomic E-state index is 11.6. The smallest absolute Gasteiger partial charge is 0.333 e. The Morgan fingerprint density at radius 3 is 2.54 bits per heavy atom. The fourth-order valence-corrected chi connectivity index (χ4v) is 4.23. The highest BCUT2D eigenvalue weighted by Gasteiger charge is 2.53. The van der Waals surface area contributed by atoms with E-state index in [0.717, 1.165) is 25.9 Å². The maximum atomic E-state index is 11.6. The third-order valence-corrected chi connectivity index (χ3v) is 5.61. The molecule has 2 aliphatic rings. The van der Waals surface area contributed by atoms with Gasteiger partial charge in [0.25, 0.3) is 0 Å². The van der Waals surface area contributed by atoms with Crippen molar-refractivity contribution in [3.05, 3.63) is 12.2 Å². The van der Waals surface area contributed by atoms with Crippen LogP contribution in [-0.4, -0.2) is 36.5 Å². The van der Waals surface area contributed by atoms with Crippen LogP contribution < -0.4 is 0 Å². The van der Waals surface area contributed by atoms with Crippen molar-refractivity contribution in [2.24, 2.45) is 17.8 Å². The van der Waals surface area contributed by atoms with E-state index in [2.05, 4.69) is 13.5 Å². The van der Waals surface area contributed by atoms with E-state index in [9.17, 15) is 9.90 Å². The lowest BCUT2D eigenvalue weighted by molar-refractivity contribution is -0.143. The largest absolute Gasteiger partial charge is 0.462 e. The molecule has 1 N–H and O–H groups in total. The number of hydrogen-bond donors (Lipinski definition) is 1. The van der Waals surface area contributed by atoms with Gasteiger partial charge in [0.1, 0.15) is 0 Å². The molecular weight excluding hydrogens is 304 g/mol. The molecule has 0 aromatic heterocycles. The Kier molecular flexibility index (Phi) is 7.76. The monoisotopic (exact) mass is 338 g/mol. The van der Waals surface area contributed by atoms with Crippen molar-refractivity contribution in [1.29, 1.82) is 0 Å². The lowest BCUT2D eigenvalue weighted by Gasteiger charge is -2.32. The SMILES string of the molecule is C=C(C)C(=O)OCC1CC2CC1C(OCCCCCCCC)C2O. The molecule has 5 atom stereocenters. The molecule has 0 aliphatic heterocycles. The topological polar surface area (TPSA) is 55.8 Å². The zero-order valence-electron chi connectivity index (χ0n) is 15.3. The molecule has 0 heterocycles. The summed E-state index contributed by atoms with van der Waals surface area (Å²) in [4.78, 5) is 11.6. The number of carbonyl (C=O) groups excluding carboxylic acids is 1. The third kappa shape index (κ3) is 5.06. The second-order valence-corrected chi connectivity index (χ2v) is 7.63. The number of unbranched alkanes of at least 4 members (excludes halogenated alkanes) is 5. The number of carbonyl (C=O) groups is 1. The zero-order valence-corrected chi connectivity index (χ0v) is 15.3. The maximum Gasteiger partial charge on any atom is 0.333 e. The molecule has 2 fully saturated rings. The van der Waals surface area contributed by atoms with Gasteiger partial charge in [-0.25, -0.2) is 4.79 Å². The van der Waals surface area contributed by atoms with Crippen molar-refractivity contribution in [2.75, 3.05) is 13.2 Å². The van der Waals surface area contributed by atoms with Crippen LogP contribution in [0.1, 0.15) is 65.2 Å². The summed E-state index contributed by atoms with van der Waals surface area (Å²) < 4.78 is 11.4. The van der Waals surface area contributed by atoms with Crippen molar-refractivity contribution in [1.82, 2.24) is 0 Å². The highest BCUT2D eigenvalue weighted by Crippen LogP contribution is 2.50. The van der Waals surface area contributed by atoms with E-state index in [1.54, 1.807) is 6.92 Å². The third-order valence-electron chi connectivity index (χ3n) is 5.61. The molecule has 2 aliphatic carbocycles. The minimum Gasteiger partial charge on any atom is -0.462 e. The van der Waals surface area contributed by atoms with Gasteiger partial charge < -0.3 is 14.6 Å². The van der Waals surface area contributed by atoms with Crippen molar-refractivity contribution in [2.45, 2.75) is 77.4 Å². The molecule has 2 rings (SSSR count). The number of ether oxygens (including phenoxy) is 2. The number of rotatable bonds is 11. The molecule has 0 saturated heterocycles. The van der Waals surface area contributed by atoms with E-state index >= 15 is 0 Å². The lowest BCUT2D eigenvalue weighted by atomic mass is 9.85. The molecule has 0 radical (unpaired) electrons. The Bertz CT molecular complexity index is 420. The Hall–Kier alpha value is -0.870. The summed E-state index contributed by atoms with van der Waals surface area (Å²) in [6.45, 7) is 8.66. The van der Waals surface area contributed by atoms with Gasteiger partial charge in [-0.15, -0.1) is 0 Å². The van der Waals surface area contributed by atoms with E-state index in [1.807, 2.05) is 0 Å². The van der Waals surface area contributed by atoms with Gasteiger partial charge in [0, 0.05) is 12.2 Å². The predicted molar refractivity (Wildman–Crippen MR) is 94.6 cm³/mol. The van der Waals surface area contributed by atoms with Crippen molar-refractivity contribution in [3.63, 3.8) is 0 Å². The normalized spacial score (nSPS) is 31.4. The van der Waals surface area contributed by atoms with Crippen molar-refractivity contribution in [3.8, 4) is 0 Å². The summed E-state index contributed by atoms with van der Waals surface area (Å²) in [5.74, 6) is 0.625. The van der Waals surface area contributed by atoms with Crippen LogP contribution in [0.5, 0.6) is 0 Å². The number of aliphatic hydroxyl groups is 1. The van der Waals surface area contributed by atoms with Crippen LogP contribution in [0.4, 0.5) is 0 Å². The molecule has 0 aromatic rings. The van der Waals surface area contributed by atoms with E-state index < -0.39 is 0 Å². The molecule has 4 nitrogen and oxygen atoms in total. The first-order chi connectivity index (χ1) is 11.5. The molecular formula is C20H34O4. The van der Waals surface area contributed by atoms with E-state index in [4.69, 9.17) is 9.47 Å². The number of aliphatic hydroxyl groups excluding tert-OH is 1. The minimum absolute atomic E-state index is 0.0760. The summed E-state index contributed by atoms with van der Waals surface area (Å²) in [7, 11) is 0. The van der Waals surface area contributed by atoms with Crippen LogP contribution in [0.2, 0.25) is 0 Å². The standard InChI is InChI=1S/C20H34O4/c1-4-5-6-7-8-9-10-23-19-17-12-15(18(19)21)11-16(17)13-24-20(22)14(2)3/h15-19,21H,2,4-13H2,1,3H3. The molecule has 0 amide bonds. The first-order valence-electron chi connectivity index (χ1n) is 9.66. The van der Waals surface area contributed by atoms with E-state index in [1.165, 1.54) is 32.1 Å². The molecule has 5 unspecified atom stereocenters. The molecule has 2 saturated carbocycles. The van der Waals surface area contributed by atoms with Gasteiger partial charge in [-0.2, -0.15) is 0 Å². The van der Waals surface area contributed by atoms with Crippen molar-refractivity contribution >= 4 is 5.97 Å². The van der Waals surface area contributed by atoms with Crippen LogP contribution in [0.3, 0.4) is 0 Å². The average molecular weight is 338 g/mol. The summed E-state index contributed by atoms with van der Waals surface area (Å²) in [6.07, 6.45) is 8.96. The van der Waals surface area contributed by atoms with Gasteiger partial charge in [-0.05, 0) is 43.9 Å². The van der Waals surface area contributed by atoms with E-state index in [-0.39, 0.29) is 18.2 Å². The molecule has 0 aromatic carbocycles. The lowest BCUT2D eigenvalue weighted by Crippen LogP contribution is -2.40. The summed E-state index contributed by atoms with van der Waals surface area (Å²) in [6, 6.07) is 0. The summed E-state index contributed by atoms with van der Waals surface area (Å²) in [5.41, 5.74) is 0.439. The van der Waals surface area contributed by atoms with Gasteiger partial charge in [0.05, 0.1) is 18.8 Å². The second kappa shape index (κ2) is 9.57. The van der Waals surface area contributed by atoms with Gasteiger partial charge in [-0.1, -0.05) is 45.6 Å². The summed E-state index contributed by atoms with van der Waals surface area (Å²) >= 11 is 0. The number of esters is 1. The fraction of sp³-hybridized carbons (Fsp3) is 0.850. The van der Waals surface area contributed by atoms with Crippen LogP contribution >= 0.6 is 0 Å². The van der Waals surface area contributed by atoms with Gasteiger partial charge >= 0.3 is 5.97 Å².